The molecule has 100 valence electrons. The van der Waals surface area contributed by atoms with Crippen LogP contribution in [0.5, 0.6) is 0 Å². The molecule has 1 rings (SSSR count). The maximum absolute atomic E-state index is 11.5. The van der Waals surface area contributed by atoms with E-state index in [-0.39, 0.29) is 11.6 Å². The van der Waals surface area contributed by atoms with Gasteiger partial charge in [-0.3, -0.25) is 0 Å². The highest BCUT2D eigenvalue weighted by molar-refractivity contribution is 5.73. The number of rotatable bonds is 6. The lowest BCUT2D eigenvalue weighted by molar-refractivity contribution is 0.0421. The molecule has 1 heterocycles. The Morgan fingerprint density at radius 3 is 2.59 bits per heavy atom. The van der Waals surface area contributed by atoms with E-state index in [2.05, 4.69) is 22.9 Å². The topological polar surface area (TPSA) is 62.4 Å². The standard InChI is InChI=1S/C12H25N3O2/c1-3-4-7-14-11(16)15-10-12(13-2)5-8-17-9-6-12/h13H,3-10H2,1-2H3,(H2,14,15,16). The van der Waals surface area contributed by atoms with Gasteiger partial charge in [0.25, 0.3) is 0 Å². The number of hydrogen-bond acceptors (Lipinski definition) is 3. The SMILES string of the molecule is CCCCNC(=O)NCC1(NC)CCOCC1. The van der Waals surface area contributed by atoms with E-state index in [0.717, 1.165) is 45.4 Å². The molecule has 1 saturated heterocycles. The summed E-state index contributed by atoms with van der Waals surface area (Å²) in [6.45, 7) is 5.04. The molecule has 0 aromatic carbocycles. The fourth-order valence-electron chi connectivity index (χ4n) is 1.97. The Morgan fingerprint density at radius 1 is 1.29 bits per heavy atom. The number of unbranched alkanes of at least 4 members (excludes halogenated alkanes) is 1. The molecule has 0 saturated carbocycles. The Morgan fingerprint density at radius 2 is 2.00 bits per heavy atom. The predicted molar refractivity (Wildman–Crippen MR) is 68.2 cm³/mol. The van der Waals surface area contributed by atoms with Crippen LogP contribution in [-0.4, -0.2) is 44.9 Å². The van der Waals surface area contributed by atoms with Gasteiger partial charge in [-0.25, -0.2) is 4.79 Å². The zero-order valence-corrected chi connectivity index (χ0v) is 11.0. The molecular formula is C12H25N3O2. The molecule has 17 heavy (non-hydrogen) atoms. The van der Waals surface area contributed by atoms with Gasteiger partial charge in [-0.2, -0.15) is 0 Å². The summed E-state index contributed by atoms with van der Waals surface area (Å²) < 4.78 is 5.34. The molecule has 0 radical (unpaired) electrons. The average molecular weight is 243 g/mol. The van der Waals surface area contributed by atoms with Gasteiger partial charge >= 0.3 is 6.03 Å². The van der Waals surface area contributed by atoms with Gasteiger partial charge in [0, 0.05) is 31.8 Å². The van der Waals surface area contributed by atoms with Crippen LogP contribution in [0.15, 0.2) is 0 Å². The minimum atomic E-state index is -0.0698. The van der Waals surface area contributed by atoms with Crippen LogP contribution in [0.3, 0.4) is 0 Å². The fourth-order valence-corrected chi connectivity index (χ4v) is 1.97. The van der Waals surface area contributed by atoms with Gasteiger partial charge in [0.2, 0.25) is 0 Å². The first kappa shape index (κ1) is 14.3. The molecule has 5 nitrogen and oxygen atoms in total. The minimum absolute atomic E-state index is 0.000344. The summed E-state index contributed by atoms with van der Waals surface area (Å²) in [6.07, 6.45) is 4.01. The second-order valence-electron chi connectivity index (χ2n) is 4.61. The molecular weight excluding hydrogens is 218 g/mol. The summed E-state index contributed by atoms with van der Waals surface area (Å²) in [5.41, 5.74) is 0.000344. The molecule has 0 unspecified atom stereocenters. The lowest BCUT2D eigenvalue weighted by Crippen LogP contribution is -2.56. The van der Waals surface area contributed by atoms with Crippen molar-refractivity contribution in [1.82, 2.24) is 16.0 Å². The number of hydrogen-bond donors (Lipinski definition) is 3. The average Bonchev–Trinajstić information content (AvgIpc) is 2.38. The molecule has 5 heteroatoms. The molecule has 0 atom stereocenters. The van der Waals surface area contributed by atoms with Gasteiger partial charge in [-0.05, 0) is 26.3 Å². The molecule has 0 aromatic rings. The smallest absolute Gasteiger partial charge is 0.314 e. The summed E-state index contributed by atoms with van der Waals surface area (Å²) in [5, 5.41) is 9.11. The van der Waals surface area contributed by atoms with Crippen molar-refractivity contribution in [3.63, 3.8) is 0 Å². The van der Waals surface area contributed by atoms with Crippen LogP contribution in [0.4, 0.5) is 4.79 Å². The van der Waals surface area contributed by atoms with Crippen LogP contribution in [0.2, 0.25) is 0 Å². The number of nitrogens with one attached hydrogen (secondary N) is 3. The van der Waals surface area contributed by atoms with E-state index in [1.54, 1.807) is 0 Å². The van der Waals surface area contributed by atoms with Crippen LogP contribution in [-0.2, 0) is 4.74 Å². The summed E-state index contributed by atoms with van der Waals surface area (Å²) in [7, 11) is 1.95. The van der Waals surface area contributed by atoms with E-state index >= 15 is 0 Å². The van der Waals surface area contributed by atoms with Crippen LogP contribution < -0.4 is 16.0 Å². The lowest BCUT2D eigenvalue weighted by Gasteiger charge is -2.37. The van der Waals surface area contributed by atoms with Crippen molar-refractivity contribution < 1.29 is 9.53 Å². The van der Waals surface area contributed by atoms with E-state index in [1.165, 1.54) is 0 Å². The number of carbonyl (C=O) groups excluding carboxylic acids is 1. The molecule has 0 aliphatic carbocycles. The van der Waals surface area contributed by atoms with Gasteiger partial charge < -0.3 is 20.7 Å². The van der Waals surface area contributed by atoms with Crippen molar-refractivity contribution in [2.75, 3.05) is 33.4 Å². The Hall–Kier alpha value is -0.810. The highest BCUT2D eigenvalue weighted by Gasteiger charge is 2.30. The Balaban J connectivity index is 2.24. The van der Waals surface area contributed by atoms with Gasteiger partial charge in [0.1, 0.15) is 0 Å². The van der Waals surface area contributed by atoms with Gasteiger partial charge in [-0.1, -0.05) is 13.3 Å². The first-order chi connectivity index (χ1) is 8.22. The van der Waals surface area contributed by atoms with Gasteiger partial charge in [0.15, 0.2) is 0 Å². The first-order valence-electron chi connectivity index (χ1n) is 6.51. The van der Waals surface area contributed by atoms with Crippen molar-refractivity contribution in [2.45, 2.75) is 38.1 Å². The maximum atomic E-state index is 11.5. The molecule has 0 spiro atoms. The third-order valence-corrected chi connectivity index (χ3v) is 3.38. The summed E-state index contributed by atoms with van der Waals surface area (Å²) in [6, 6.07) is -0.0698. The van der Waals surface area contributed by atoms with E-state index in [0.29, 0.717) is 6.54 Å². The number of carbonyl (C=O) groups is 1. The normalized spacial score (nSPS) is 18.7. The lowest BCUT2D eigenvalue weighted by atomic mass is 9.90. The van der Waals surface area contributed by atoms with Gasteiger partial charge in [-0.15, -0.1) is 0 Å². The summed E-state index contributed by atoms with van der Waals surface area (Å²) >= 11 is 0. The number of likely N-dealkylation sites (N-methyl/N-ethyl adjacent to an activating group) is 1. The first-order valence-corrected chi connectivity index (χ1v) is 6.51. The van der Waals surface area contributed by atoms with Crippen LogP contribution in [0.1, 0.15) is 32.6 Å². The number of ether oxygens (including phenoxy) is 1. The molecule has 1 aliphatic rings. The molecule has 2 amide bonds. The van der Waals surface area contributed by atoms with E-state index < -0.39 is 0 Å². The quantitative estimate of drug-likeness (QED) is 0.606. The second-order valence-corrected chi connectivity index (χ2v) is 4.61. The van der Waals surface area contributed by atoms with Crippen LogP contribution >= 0.6 is 0 Å². The molecule has 0 aromatic heterocycles. The third kappa shape index (κ3) is 4.91. The third-order valence-electron chi connectivity index (χ3n) is 3.38. The number of amides is 2. The molecule has 0 bridgehead atoms. The minimum Gasteiger partial charge on any atom is -0.381 e. The van der Waals surface area contributed by atoms with Crippen molar-refractivity contribution in [1.29, 1.82) is 0 Å². The largest absolute Gasteiger partial charge is 0.381 e. The zero-order chi connectivity index (χ0) is 12.6. The molecule has 3 N–H and O–H groups in total. The highest BCUT2D eigenvalue weighted by Crippen LogP contribution is 2.18. The van der Waals surface area contributed by atoms with Gasteiger partial charge in [0.05, 0.1) is 0 Å². The summed E-state index contributed by atoms with van der Waals surface area (Å²) in [4.78, 5) is 11.5. The second kappa shape index (κ2) is 7.50. The fraction of sp³-hybridized carbons (Fsp3) is 0.917. The Bertz CT molecular complexity index is 228. The van der Waals surface area contributed by atoms with E-state index in [4.69, 9.17) is 4.74 Å². The Labute approximate surface area is 104 Å². The summed E-state index contributed by atoms with van der Waals surface area (Å²) in [5.74, 6) is 0. The zero-order valence-electron chi connectivity index (χ0n) is 11.0. The van der Waals surface area contributed by atoms with Crippen LogP contribution in [0, 0.1) is 0 Å². The van der Waals surface area contributed by atoms with Crippen molar-refractivity contribution >= 4 is 6.03 Å². The van der Waals surface area contributed by atoms with Crippen molar-refractivity contribution in [3.8, 4) is 0 Å². The Kier molecular flexibility index (Phi) is 6.29. The number of urea groups is 1. The maximum Gasteiger partial charge on any atom is 0.314 e. The van der Waals surface area contributed by atoms with E-state index in [1.807, 2.05) is 7.05 Å². The van der Waals surface area contributed by atoms with Crippen molar-refractivity contribution in [3.05, 3.63) is 0 Å². The van der Waals surface area contributed by atoms with Crippen LogP contribution in [0.25, 0.3) is 0 Å². The highest BCUT2D eigenvalue weighted by atomic mass is 16.5. The monoisotopic (exact) mass is 243 g/mol. The molecule has 1 fully saturated rings. The van der Waals surface area contributed by atoms with Crippen molar-refractivity contribution in [2.24, 2.45) is 0 Å². The molecule has 1 aliphatic heterocycles. The van der Waals surface area contributed by atoms with E-state index in [9.17, 15) is 4.79 Å². The predicted octanol–water partition coefficient (Wildman–Crippen LogP) is 0.854.